The van der Waals surface area contributed by atoms with Gasteiger partial charge < -0.3 is 15.2 Å². The fraction of sp³-hybridized carbons (Fsp3) is 0.471. The Morgan fingerprint density at radius 3 is 2.85 bits per heavy atom. The van der Waals surface area contributed by atoms with Crippen molar-refractivity contribution in [2.75, 3.05) is 23.7 Å². The summed E-state index contributed by atoms with van der Waals surface area (Å²) >= 11 is 0. The van der Waals surface area contributed by atoms with Crippen LogP contribution in [0.15, 0.2) is 30.9 Å². The Labute approximate surface area is 151 Å². The summed E-state index contributed by atoms with van der Waals surface area (Å²) < 4.78 is 3.84. The second-order valence-corrected chi connectivity index (χ2v) is 6.87. The molecule has 4 rings (SSSR count). The molecule has 1 aliphatic rings. The summed E-state index contributed by atoms with van der Waals surface area (Å²) in [6.07, 6.45) is 7.53. The molecule has 0 aliphatic carbocycles. The van der Waals surface area contributed by atoms with E-state index < -0.39 is 0 Å². The molecule has 4 heterocycles. The maximum absolute atomic E-state index is 5.95. The van der Waals surface area contributed by atoms with Crippen molar-refractivity contribution in [2.45, 2.75) is 38.6 Å². The van der Waals surface area contributed by atoms with E-state index in [-0.39, 0.29) is 5.95 Å². The lowest BCUT2D eigenvalue weighted by molar-refractivity contribution is 0.453. The zero-order valence-corrected chi connectivity index (χ0v) is 15.0. The molecule has 0 aromatic carbocycles. The minimum atomic E-state index is 0.250. The highest BCUT2D eigenvalue weighted by molar-refractivity contribution is 5.48. The number of piperidine rings is 1. The van der Waals surface area contributed by atoms with E-state index in [1.807, 2.05) is 24.7 Å². The summed E-state index contributed by atoms with van der Waals surface area (Å²) in [5.74, 6) is 3.10. The predicted octanol–water partition coefficient (Wildman–Crippen LogP) is 1.80. The van der Waals surface area contributed by atoms with Crippen LogP contribution in [0.5, 0.6) is 0 Å². The molecule has 0 bridgehead atoms. The van der Waals surface area contributed by atoms with Gasteiger partial charge in [-0.1, -0.05) is 0 Å². The number of nitrogens with zero attached hydrogens (tertiary/aromatic N) is 8. The molecule has 1 aliphatic heterocycles. The largest absolute Gasteiger partial charge is 0.368 e. The van der Waals surface area contributed by atoms with Crippen LogP contribution in [0.3, 0.4) is 0 Å². The summed E-state index contributed by atoms with van der Waals surface area (Å²) in [5.41, 5.74) is 5.95. The molecule has 1 saturated heterocycles. The first-order chi connectivity index (χ1) is 12.6. The Morgan fingerprint density at radius 1 is 1.23 bits per heavy atom. The Morgan fingerprint density at radius 2 is 2.08 bits per heavy atom. The van der Waals surface area contributed by atoms with E-state index in [0.717, 1.165) is 37.6 Å². The Balaban J connectivity index is 1.61. The van der Waals surface area contributed by atoms with Gasteiger partial charge in [0, 0.05) is 43.5 Å². The van der Waals surface area contributed by atoms with E-state index in [0.29, 0.717) is 17.8 Å². The summed E-state index contributed by atoms with van der Waals surface area (Å²) in [6.45, 7) is 6.06. The monoisotopic (exact) mass is 353 g/mol. The van der Waals surface area contributed by atoms with Gasteiger partial charge in [-0.2, -0.15) is 15.1 Å². The minimum absolute atomic E-state index is 0.250. The Kier molecular flexibility index (Phi) is 4.27. The van der Waals surface area contributed by atoms with Crippen molar-refractivity contribution in [3.63, 3.8) is 0 Å². The predicted molar refractivity (Wildman–Crippen MR) is 98.2 cm³/mol. The van der Waals surface area contributed by atoms with Crippen molar-refractivity contribution in [1.82, 2.24) is 34.5 Å². The third-order valence-electron chi connectivity index (χ3n) is 4.72. The Hall–Kier alpha value is -2.97. The normalized spacial score (nSPS) is 17.8. The second kappa shape index (κ2) is 6.74. The van der Waals surface area contributed by atoms with Crippen molar-refractivity contribution < 1.29 is 0 Å². The third kappa shape index (κ3) is 3.12. The van der Waals surface area contributed by atoms with Crippen LogP contribution in [0, 0.1) is 0 Å². The van der Waals surface area contributed by atoms with Gasteiger partial charge in [0.2, 0.25) is 5.95 Å². The quantitative estimate of drug-likeness (QED) is 0.762. The van der Waals surface area contributed by atoms with Crippen LogP contribution in [0.4, 0.5) is 11.8 Å². The van der Waals surface area contributed by atoms with Crippen LogP contribution < -0.4 is 10.6 Å². The maximum atomic E-state index is 5.95. The maximum Gasteiger partial charge on any atom is 0.224 e. The summed E-state index contributed by atoms with van der Waals surface area (Å²) in [4.78, 5) is 11.0. The highest BCUT2D eigenvalue weighted by Crippen LogP contribution is 2.30. The first kappa shape index (κ1) is 16.5. The van der Waals surface area contributed by atoms with Gasteiger partial charge in [0.15, 0.2) is 5.82 Å². The molecule has 2 N–H and O–H groups in total. The van der Waals surface area contributed by atoms with E-state index >= 15 is 0 Å². The molecule has 0 radical (unpaired) electrons. The molecule has 1 atom stereocenters. The SMILES string of the molecule is CC(C)n1cnnc1C1CCCN(c2cc(-n3cccn3)nc(N)n2)C1. The summed E-state index contributed by atoms with van der Waals surface area (Å²) in [5, 5.41) is 12.7. The Bertz CT molecular complexity index is 868. The first-order valence-corrected chi connectivity index (χ1v) is 8.90. The van der Waals surface area contributed by atoms with E-state index in [2.05, 4.69) is 48.6 Å². The molecular formula is C17H23N9. The fourth-order valence-corrected chi connectivity index (χ4v) is 3.46. The molecule has 3 aromatic rings. The van der Waals surface area contributed by atoms with Crippen LogP contribution in [-0.4, -0.2) is 47.6 Å². The molecule has 0 saturated carbocycles. The third-order valence-corrected chi connectivity index (χ3v) is 4.72. The van der Waals surface area contributed by atoms with Crippen molar-refractivity contribution in [1.29, 1.82) is 0 Å². The number of aromatic nitrogens is 7. The van der Waals surface area contributed by atoms with Crippen molar-refractivity contribution in [2.24, 2.45) is 0 Å². The van der Waals surface area contributed by atoms with Gasteiger partial charge in [-0.25, -0.2) is 4.68 Å². The van der Waals surface area contributed by atoms with Gasteiger partial charge in [-0.3, -0.25) is 0 Å². The van der Waals surface area contributed by atoms with Crippen LogP contribution in [0.2, 0.25) is 0 Å². The molecule has 9 nitrogen and oxygen atoms in total. The molecular weight excluding hydrogens is 330 g/mol. The van der Waals surface area contributed by atoms with Gasteiger partial charge in [0.25, 0.3) is 0 Å². The lowest BCUT2D eigenvalue weighted by Gasteiger charge is -2.33. The van der Waals surface area contributed by atoms with Crippen LogP contribution in [0.25, 0.3) is 5.82 Å². The molecule has 1 fully saturated rings. The number of hydrogen-bond acceptors (Lipinski definition) is 7. The van der Waals surface area contributed by atoms with E-state index in [9.17, 15) is 0 Å². The average Bonchev–Trinajstić information content (AvgIpc) is 3.33. The number of nitrogens with two attached hydrogens (primary N) is 1. The topological polar surface area (TPSA) is 104 Å². The molecule has 0 amide bonds. The lowest BCUT2D eigenvalue weighted by Crippen LogP contribution is -2.36. The van der Waals surface area contributed by atoms with Gasteiger partial charge in [-0.05, 0) is 32.8 Å². The zero-order chi connectivity index (χ0) is 18.1. The van der Waals surface area contributed by atoms with Crippen LogP contribution in [-0.2, 0) is 0 Å². The van der Waals surface area contributed by atoms with E-state index in [4.69, 9.17) is 5.73 Å². The molecule has 3 aromatic heterocycles. The summed E-state index contributed by atoms with van der Waals surface area (Å²) in [7, 11) is 0. The van der Waals surface area contributed by atoms with Gasteiger partial charge >= 0.3 is 0 Å². The minimum Gasteiger partial charge on any atom is -0.368 e. The van der Waals surface area contributed by atoms with Gasteiger partial charge in [-0.15, -0.1) is 10.2 Å². The van der Waals surface area contributed by atoms with Gasteiger partial charge in [0.1, 0.15) is 18.0 Å². The second-order valence-electron chi connectivity index (χ2n) is 6.87. The smallest absolute Gasteiger partial charge is 0.224 e. The standard InChI is InChI=1S/C17H23N9/c1-12(2)25-11-19-23-16(25)13-5-3-7-24(10-13)14-9-15(22-17(18)21-14)26-8-4-6-20-26/h4,6,8-9,11-13H,3,5,7,10H2,1-2H3,(H2,18,21,22). The summed E-state index contributed by atoms with van der Waals surface area (Å²) in [6, 6.07) is 4.13. The lowest BCUT2D eigenvalue weighted by atomic mass is 9.97. The van der Waals surface area contributed by atoms with E-state index in [1.54, 1.807) is 10.9 Å². The zero-order valence-electron chi connectivity index (χ0n) is 15.0. The van der Waals surface area contributed by atoms with Crippen LogP contribution >= 0.6 is 0 Å². The van der Waals surface area contributed by atoms with Crippen molar-refractivity contribution in [3.05, 3.63) is 36.7 Å². The number of rotatable bonds is 4. The van der Waals surface area contributed by atoms with Crippen molar-refractivity contribution >= 4 is 11.8 Å². The van der Waals surface area contributed by atoms with Crippen molar-refractivity contribution in [3.8, 4) is 5.82 Å². The highest BCUT2D eigenvalue weighted by atomic mass is 15.3. The highest BCUT2D eigenvalue weighted by Gasteiger charge is 2.27. The molecule has 9 heteroatoms. The molecule has 1 unspecified atom stereocenters. The molecule has 26 heavy (non-hydrogen) atoms. The molecule has 136 valence electrons. The average molecular weight is 353 g/mol. The molecule has 0 spiro atoms. The van der Waals surface area contributed by atoms with E-state index in [1.165, 1.54) is 0 Å². The number of nitrogen functional groups attached to an aromatic ring is 1. The van der Waals surface area contributed by atoms with Crippen LogP contribution in [0.1, 0.15) is 44.5 Å². The number of anilines is 2. The first-order valence-electron chi connectivity index (χ1n) is 8.90. The van der Waals surface area contributed by atoms with Gasteiger partial charge in [0.05, 0.1) is 0 Å². The fourth-order valence-electron chi connectivity index (χ4n) is 3.46. The number of hydrogen-bond donors (Lipinski definition) is 1.